The number of aliphatic imine (C=N–C) groups is 1. The van der Waals surface area contributed by atoms with E-state index < -0.39 is 10.0 Å². The molecular weight excluding hydrogens is 451 g/mol. The fraction of sp³-hybridized carbons (Fsp3) is 0.235. The maximum Gasteiger partial charge on any atom is 0.238 e. The number of sulfonamides is 1. The van der Waals surface area contributed by atoms with Crippen LogP contribution in [0.3, 0.4) is 0 Å². The number of rotatable bonds is 6. The van der Waals surface area contributed by atoms with E-state index in [1.54, 1.807) is 12.1 Å². The van der Waals surface area contributed by atoms with Crippen molar-refractivity contribution in [3.63, 3.8) is 0 Å². The van der Waals surface area contributed by atoms with Crippen LogP contribution < -0.4 is 15.8 Å². The number of hydrogen-bond donors (Lipinski definition) is 3. The van der Waals surface area contributed by atoms with Crippen molar-refractivity contribution in [3.05, 3.63) is 65.7 Å². The van der Waals surface area contributed by atoms with Gasteiger partial charge in [0, 0.05) is 13.1 Å². The third-order valence-corrected chi connectivity index (χ3v) is 4.25. The fourth-order valence-electron chi connectivity index (χ4n) is 2.08. The number of guanidine groups is 1. The van der Waals surface area contributed by atoms with Crippen LogP contribution in [-0.2, 0) is 23.1 Å². The lowest BCUT2D eigenvalue weighted by Gasteiger charge is -2.11. The van der Waals surface area contributed by atoms with E-state index in [-0.39, 0.29) is 28.9 Å². The van der Waals surface area contributed by atoms with Gasteiger partial charge in [0.2, 0.25) is 10.0 Å². The zero-order chi connectivity index (χ0) is 17.4. The lowest BCUT2D eigenvalue weighted by atomic mass is 10.2. The zero-order valence-electron chi connectivity index (χ0n) is 14.0. The Morgan fingerprint density at radius 3 is 2.20 bits per heavy atom. The first-order valence-corrected chi connectivity index (χ1v) is 9.21. The third-order valence-electron chi connectivity index (χ3n) is 3.32. The molecule has 4 N–H and O–H groups in total. The molecule has 0 unspecified atom stereocenters. The van der Waals surface area contributed by atoms with Crippen molar-refractivity contribution in [2.24, 2.45) is 10.1 Å². The van der Waals surface area contributed by atoms with Gasteiger partial charge in [-0.3, -0.25) is 0 Å². The predicted octanol–water partition coefficient (Wildman–Crippen LogP) is 2.21. The molecule has 0 saturated carbocycles. The van der Waals surface area contributed by atoms with E-state index in [4.69, 9.17) is 5.14 Å². The molecule has 0 aliphatic rings. The zero-order valence-corrected chi connectivity index (χ0v) is 17.1. The monoisotopic (exact) mass is 474 g/mol. The molecule has 25 heavy (non-hydrogen) atoms. The second-order valence-corrected chi connectivity index (χ2v) is 6.78. The van der Waals surface area contributed by atoms with Gasteiger partial charge in [-0.2, -0.15) is 0 Å². The Labute approximate surface area is 166 Å². The third kappa shape index (κ3) is 7.41. The summed E-state index contributed by atoms with van der Waals surface area (Å²) in [6.07, 6.45) is 0. The Hall–Kier alpha value is -1.65. The van der Waals surface area contributed by atoms with E-state index in [0.717, 1.165) is 17.7 Å². The second kappa shape index (κ2) is 10.4. The minimum Gasteiger partial charge on any atom is -0.357 e. The van der Waals surface area contributed by atoms with Crippen molar-refractivity contribution in [3.8, 4) is 0 Å². The van der Waals surface area contributed by atoms with Crippen LogP contribution in [0, 0.1) is 0 Å². The minimum atomic E-state index is -3.66. The SMILES string of the molecule is CCNC(=NCc1ccccc1)NCc1ccc(S(N)(=O)=O)cc1.I. The lowest BCUT2D eigenvalue weighted by molar-refractivity contribution is 0.597. The lowest BCUT2D eigenvalue weighted by Crippen LogP contribution is -2.36. The summed E-state index contributed by atoms with van der Waals surface area (Å²) in [6.45, 7) is 3.87. The molecule has 6 nitrogen and oxygen atoms in total. The Kier molecular flexibility index (Phi) is 8.87. The molecule has 8 heteroatoms. The highest BCUT2D eigenvalue weighted by molar-refractivity contribution is 14.0. The van der Waals surface area contributed by atoms with Crippen LogP contribution in [0.2, 0.25) is 0 Å². The Morgan fingerprint density at radius 2 is 1.64 bits per heavy atom. The molecule has 0 aromatic heterocycles. The number of nitrogens with one attached hydrogen (secondary N) is 2. The van der Waals surface area contributed by atoms with Crippen LogP contribution in [0.5, 0.6) is 0 Å². The van der Waals surface area contributed by atoms with Gasteiger partial charge in [-0.25, -0.2) is 18.5 Å². The van der Waals surface area contributed by atoms with Gasteiger partial charge in [-0.05, 0) is 30.2 Å². The van der Waals surface area contributed by atoms with E-state index in [1.165, 1.54) is 12.1 Å². The van der Waals surface area contributed by atoms with Crippen LogP contribution in [0.25, 0.3) is 0 Å². The molecule has 0 saturated heterocycles. The number of primary sulfonamides is 1. The van der Waals surface area contributed by atoms with E-state index in [2.05, 4.69) is 15.6 Å². The molecule has 0 fully saturated rings. The van der Waals surface area contributed by atoms with Crippen molar-refractivity contribution >= 4 is 40.0 Å². The maximum atomic E-state index is 11.2. The first kappa shape index (κ1) is 21.4. The van der Waals surface area contributed by atoms with Gasteiger partial charge in [-0.15, -0.1) is 24.0 Å². The number of benzene rings is 2. The average Bonchev–Trinajstić information content (AvgIpc) is 2.58. The summed E-state index contributed by atoms with van der Waals surface area (Å²) in [5.74, 6) is 0.705. The van der Waals surface area contributed by atoms with Crippen LogP contribution in [0.4, 0.5) is 0 Å². The molecular formula is C17H23IN4O2S. The van der Waals surface area contributed by atoms with Crippen LogP contribution in [0.1, 0.15) is 18.1 Å². The van der Waals surface area contributed by atoms with Crippen molar-refractivity contribution in [1.82, 2.24) is 10.6 Å². The molecule has 0 radical (unpaired) electrons. The van der Waals surface area contributed by atoms with Gasteiger partial charge in [-0.1, -0.05) is 42.5 Å². The standard InChI is InChI=1S/C17H22N4O2S.HI/c1-2-19-17(20-12-14-6-4-3-5-7-14)21-13-15-8-10-16(11-9-15)24(18,22)23;/h3-11H,2,12-13H2,1H3,(H2,18,22,23)(H2,19,20,21);1H. The smallest absolute Gasteiger partial charge is 0.238 e. The number of nitrogens with two attached hydrogens (primary N) is 1. The van der Waals surface area contributed by atoms with Gasteiger partial charge in [0.1, 0.15) is 0 Å². The molecule has 2 rings (SSSR count). The van der Waals surface area contributed by atoms with Crippen LogP contribution in [-0.4, -0.2) is 20.9 Å². The maximum absolute atomic E-state index is 11.2. The molecule has 0 aliphatic heterocycles. The molecule has 0 heterocycles. The number of hydrogen-bond acceptors (Lipinski definition) is 3. The summed E-state index contributed by atoms with van der Waals surface area (Å²) in [5, 5.41) is 11.5. The summed E-state index contributed by atoms with van der Waals surface area (Å²) in [4.78, 5) is 4.64. The highest BCUT2D eigenvalue weighted by Gasteiger charge is 2.06. The summed E-state index contributed by atoms with van der Waals surface area (Å²) in [5.41, 5.74) is 2.07. The Balaban J connectivity index is 0.00000312. The van der Waals surface area contributed by atoms with Crippen LogP contribution >= 0.6 is 24.0 Å². The Bertz CT molecular complexity index is 778. The van der Waals surface area contributed by atoms with Crippen molar-refractivity contribution in [1.29, 1.82) is 0 Å². The number of nitrogens with zero attached hydrogens (tertiary/aromatic N) is 1. The van der Waals surface area contributed by atoms with Crippen molar-refractivity contribution < 1.29 is 8.42 Å². The average molecular weight is 474 g/mol. The molecule has 0 spiro atoms. The molecule has 0 amide bonds. The molecule has 2 aromatic carbocycles. The predicted molar refractivity (Wildman–Crippen MR) is 111 cm³/mol. The first-order chi connectivity index (χ1) is 11.5. The molecule has 0 aliphatic carbocycles. The van der Waals surface area contributed by atoms with Gasteiger partial charge >= 0.3 is 0 Å². The quantitative estimate of drug-likeness (QED) is 0.340. The minimum absolute atomic E-state index is 0. The van der Waals surface area contributed by atoms with Gasteiger partial charge in [0.15, 0.2) is 5.96 Å². The molecule has 0 atom stereocenters. The normalized spacial score (nSPS) is 11.5. The molecule has 136 valence electrons. The highest BCUT2D eigenvalue weighted by atomic mass is 127. The van der Waals surface area contributed by atoms with Gasteiger partial charge < -0.3 is 10.6 Å². The second-order valence-electron chi connectivity index (χ2n) is 5.22. The fourth-order valence-corrected chi connectivity index (χ4v) is 2.59. The van der Waals surface area contributed by atoms with Crippen LogP contribution in [0.15, 0.2) is 64.5 Å². The summed E-state index contributed by atoms with van der Waals surface area (Å²) < 4.78 is 22.5. The van der Waals surface area contributed by atoms with E-state index in [1.807, 2.05) is 37.3 Å². The highest BCUT2D eigenvalue weighted by Crippen LogP contribution is 2.08. The topological polar surface area (TPSA) is 96.6 Å². The largest absolute Gasteiger partial charge is 0.357 e. The number of halogens is 1. The summed E-state index contributed by atoms with van der Waals surface area (Å²) in [6, 6.07) is 16.5. The summed E-state index contributed by atoms with van der Waals surface area (Å²) >= 11 is 0. The molecule has 2 aromatic rings. The molecule has 0 bridgehead atoms. The van der Waals surface area contributed by atoms with Gasteiger partial charge in [0.25, 0.3) is 0 Å². The summed E-state index contributed by atoms with van der Waals surface area (Å²) in [7, 11) is -3.66. The van der Waals surface area contributed by atoms with Gasteiger partial charge in [0.05, 0.1) is 11.4 Å². The van der Waals surface area contributed by atoms with E-state index in [0.29, 0.717) is 19.0 Å². The van der Waals surface area contributed by atoms with E-state index >= 15 is 0 Å². The van der Waals surface area contributed by atoms with E-state index in [9.17, 15) is 8.42 Å². The van der Waals surface area contributed by atoms with Crippen molar-refractivity contribution in [2.75, 3.05) is 6.54 Å². The first-order valence-electron chi connectivity index (χ1n) is 7.67. The van der Waals surface area contributed by atoms with Crippen molar-refractivity contribution in [2.45, 2.75) is 24.9 Å². The Morgan fingerprint density at radius 1 is 1.00 bits per heavy atom.